The van der Waals surface area contributed by atoms with Crippen LogP contribution in [0.4, 0.5) is 0 Å². The van der Waals surface area contributed by atoms with E-state index in [1.165, 1.54) is 0 Å². The molecule has 2 nitrogen and oxygen atoms in total. The standard InChI is InChI=1S/C15H24NO/c1-12-11-16(3,4)13(2)10-15(12,17)14-8-6-5-7-9-14/h5-9,12-13,17H,10-11H2,1-4H3/q+1. The Kier molecular flexibility index (Phi) is 3.04. The molecule has 2 rings (SSSR count). The number of hydrogen-bond donors (Lipinski definition) is 1. The lowest BCUT2D eigenvalue weighted by atomic mass is 9.74. The molecular weight excluding hydrogens is 210 g/mol. The molecule has 0 radical (unpaired) electrons. The summed E-state index contributed by atoms with van der Waals surface area (Å²) >= 11 is 0. The van der Waals surface area contributed by atoms with Crippen LogP contribution in [0.3, 0.4) is 0 Å². The van der Waals surface area contributed by atoms with E-state index >= 15 is 0 Å². The number of piperidine rings is 1. The van der Waals surface area contributed by atoms with Crippen molar-refractivity contribution in [1.29, 1.82) is 0 Å². The van der Waals surface area contributed by atoms with Gasteiger partial charge in [0, 0.05) is 12.3 Å². The number of hydrogen-bond acceptors (Lipinski definition) is 1. The van der Waals surface area contributed by atoms with Crippen LogP contribution in [0.25, 0.3) is 0 Å². The van der Waals surface area contributed by atoms with Crippen LogP contribution < -0.4 is 0 Å². The van der Waals surface area contributed by atoms with Crippen LogP contribution in [0, 0.1) is 5.92 Å². The summed E-state index contributed by atoms with van der Waals surface area (Å²) in [4.78, 5) is 0. The predicted molar refractivity (Wildman–Crippen MR) is 70.6 cm³/mol. The number of nitrogens with zero attached hydrogens (tertiary/aromatic N) is 1. The molecule has 1 aliphatic heterocycles. The largest absolute Gasteiger partial charge is 0.384 e. The maximum atomic E-state index is 11.0. The maximum Gasteiger partial charge on any atom is 0.103 e. The van der Waals surface area contributed by atoms with E-state index in [0.717, 1.165) is 23.0 Å². The lowest BCUT2D eigenvalue weighted by molar-refractivity contribution is -0.925. The van der Waals surface area contributed by atoms with Crippen molar-refractivity contribution in [3.63, 3.8) is 0 Å². The van der Waals surface area contributed by atoms with Gasteiger partial charge in [0.15, 0.2) is 0 Å². The van der Waals surface area contributed by atoms with Crippen molar-refractivity contribution in [2.24, 2.45) is 5.92 Å². The summed E-state index contributed by atoms with van der Waals surface area (Å²) < 4.78 is 0.996. The van der Waals surface area contributed by atoms with E-state index in [2.05, 4.69) is 40.1 Å². The Morgan fingerprint density at radius 2 is 1.76 bits per heavy atom. The van der Waals surface area contributed by atoms with Crippen LogP contribution in [-0.4, -0.2) is 36.3 Å². The number of aliphatic hydroxyl groups is 1. The fourth-order valence-electron chi connectivity index (χ4n) is 3.06. The molecule has 17 heavy (non-hydrogen) atoms. The second kappa shape index (κ2) is 4.11. The molecule has 1 aromatic rings. The summed E-state index contributed by atoms with van der Waals surface area (Å²) in [5.41, 5.74) is 0.410. The summed E-state index contributed by atoms with van der Waals surface area (Å²) in [6, 6.07) is 10.6. The van der Waals surface area contributed by atoms with Crippen LogP contribution in [-0.2, 0) is 5.60 Å². The van der Waals surface area contributed by atoms with Crippen molar-refractivity contribution in [3.05, 3.63) is 35.9 Å². The van der Waals surface area contributed by atoms with E-state index in [0.29, 0.717) is 6.04 Å². The maximum absolute atomic E-state index is 11.0. The molecule has 0 aliphatic carbocycles. The van der Waals surface area contributed by atoms with Crippen LogP contribution in [0.1, 0.15) is 25.8 Å². The van der Waals surface area contributed by atoms with Crippen LogP contribution in [0.15, 0.2) is 30.3 Å². The minimum absolute atomic E-state index is 0.288. The Bertz CT molecular complexity index is 387. The Balaban J connectivity index is 2.33. The summed E-state index contributed by atoms with van der Waals surface area (Å²) in [6.07, 6.45) is 0.838. The second-order valence-electron chi connectivity index (χ2n) is 6.21. The van der Waals surface area contributed by atoms with E-state index < -0.39 is 5.60 Å². The van der Waals surface area contributed by atoms with Crippen molar-refractivity contribution >= 4 is 0 Å². The van der Waals surface area contributed by atoms with Gasteiger partial charge >= 0.3 is 0 Å². The Morgan fingerprint density at radius 1 is 1.18 bits per heavy atom. The second-order valence-corrected chi connectivity index (χ2v) is 6.21. The van der Waals surface area contributed by atoms with Gasteiger partial charge in [0.2, 0.25) is 0 Å². The molecule has 2 heteroatoms. The molecule has 1 heterocycles. The molecule has 3 atom stereocenters. The highest BCUT2D eigenvalue weighted by atomic mass is 16.3. The summed E-state index contributed by atoms with van der Waals surface area (Å²) in [7, 11) is 4.51. The molecule has 1 saturated heterocycles. The molecule has 0 amide bonds. The zero-order chi connectivity index (χ0) is 12.7. The topological polar surface area (TPSA) is 20.2 Å². The fourth-order valence-corrected chi connectivity index (χ4v) is 3.06. The number of quaternary nitrogens is 1. The van der Waals surface area contributed by atoms with E-state index in [9.17, 15) is 5.11 Å². The summed E-state index contributed by atoms with van der Waals surface area (Å²) in [5, 5.41) is 11.0. The fraction of sp³-hybridized carbons (Fsp3) is 0.600. The van der Waals surface area contributed by atoms with Gasteiger partial charge in [-0.15, -0.1) is 0 Å². The molecule has 1 aliphatic rings. The first kappa shape index (κ1) is 12.6. The van der Waals surface area contributed by atoms with E-state index in [4.69, 9.17) is 0 Å². The van der Waals surface area contributed by atoms with Gasteiger partial charge < -0.3 is 9.59 Å². The highest BCUT2D eigenvalue weighted by molar-refractivity contribution is 5.23. The van der Waals surface area contributed by atoms with Gasteiger partial charge in [-0.05, 0) is 12.5 Å². The predicted octanol–water partition coefficient (Wildman–Crippen LogP) is 2.38. The third-order valence-electron chi connectivity index (χ3n) is 4.63. The van der Waals surface area contributed by atoms with Crippen molar-refractivity contribution in [2.75, 3.05) is 20.6 Å². The first-order valence-electron chi connectivity index (χ1n) is 6.47. The average molecular weight is 234 g/mol. The summed E-state index contributed by atoms with van der Waals surface area (Å²) in [5.74, 6) is 0.288. The Morgan fingerprint density at radius 3 is 2.35 bits per heavy atom. The van der Waals surface area contributed by atoms with Crippen LogP contribution in [0.5, 0.6) is 0 Å². The zero-order valence-electron chi connectivity index (χ0n) is 11.4. The van der Waals surface area contributed by atoms with Gasteiger partial charge in [-0.3, -0.25) is 0 Å². The molecule has 1 aromatic carbocycles. The first-order valence-corrected chi connectivity index (χ1v) is 6.47. The minimum Gasteiger partial charge on any atom is -0.384 e. The highest BCUT2D eigenvalue weighted by Gasteiger charge is 2.48. The Hall–Kier alpha value is -0.860. The SMILES string of the molecule is CC1C[N+](C)(C)C(C)CC1(O)c1ccccc1. The minimum atomic E-state index is -0.658. The third-order valence-corrected chi connectivity index (χ3v) is 4.63. The van der Waals surface area contributed by atoms with Crippen molar-refractivity contribution in [3.8, 4) is 0 Å². The molecule has 1 fully saturated rings. The van der Waals surface area contributed by atoms with E-state index in [-0.39, 0.29) is 5.92 Å². The Labute approximate surface area is 104 Å². The number of rotatable bonds is 1. The van der Waals surface area contributed by atoms with Gasteiger partial charge in [-0.2, -0.15) is 0 Å². The molecule has 94 valence electrons. The molecule has 0 bridgehead atoms. The van der Waals surface area contributed by atoms with Crippen molar-refractivity contribution in [2.45, 2.75) is 31.9 Å². The molecule has 3 unspecified atom stereocenters. The number of benzene rings is 1. The van der Waals surface area contributed by atoms with Crippen molar-refractivity contribution in [1.82, 2.24) is 0 Å². The number of likely N-dealkylation sites (tertiary alicyclic amines) is 1. The van der Waals surface area contributed by atoms with Gasteiger partial charge in [-0.25, -0.2) is 0 Å². The lowest BCUT2D eigenvalue weighted by Crippen LogP contribution is -2.60. The smallest absolute Gasteiger partial charge is 0.103 e. The normalized spacial score (nSPS) is 36.8. The quantitative estimate of drug-likeness (QED) is 0.740. The van der Waals surface area contributed by atoms with Crippen molar-refractivity contribution < 1.29 is 9.59 Å². The monoisotopic (exact) mass is 234 g/mol. The van der Waals surface area contributed by atoms with Gasteiger partial charge in [0.05, 0.1) is 26.7 Å². The summed E-state index contributed by atoms with van der Waals surface area (Å²) in [6.45, 7) is 5.42. The van der Waals surface area contributed by atoms with Gasteiger partial charge in [-0.1, -0.05) is 37.3 Å². The molecule has 0 spiro atoms. The third kappa shape index (κ3) is 2.12. The zero-order valence-corrected chi connectivity index (χ0v) is 11.4. The van der Waals surface area contributed by atoms with E-state index in [1.54, 1.807) is 0 Å². The lowest BCUT2D eigenvalue weighted by Gasteiger charge is -2.50. The highest BCUT2D eigenvalue weighted by Crippen LogP contribution is 2.41. The van der Waals surface area contributed by atoms with Gasteiger partial charge in [0.25, 0.3) is 0 Å². The average Bonchev–Trinajstić information content (AvgIpc) is 2.27. The van der Waals surface area contributed by atoms with Gasteiger partial charge in [0.1, 0.15) is 5.60 Å². The first-order chi connectivity index (χ1) is 7.86. The molecular formula is C15H24NO+. The molecule has 1 N–H and O–H groups in total. The van der Waals surface area contributed by atoms with Crippen LogP contribution in [0.2, 0.25) is 0 Å². The van der Waals surface area contributed by atoms with Crippen LogP contribution >= 0.6 is 0 Å². The molecule has 0 saturated carbocycles. The van der Waals surface area contributed by atoms with E-state index in [1.807, 2.05) is 18.2 Å². The molecule has 0 aromatic heterocycles.